The predicted octanol–water partition coefficient (Wildman–Crippen LogP) is 0.0697. The molecule has 23 heavy (non-hydrogen) atoms. The summed E-state index contributed by atoms with van der Waals surface area (Å²) in [4.78, 5) is 17.7. The summed E-state index contributed by atoms with van der Waals surface area (Å²) in [6, 6.07) is 0.304. The largest absolute Gasteiger partial charge is 0.383 e. The van der Waals surface area contributed by atoms with Crippen molar-refractivity contribution < 1.29 is 14.3 Å². The van der Waals surface area contributed by atoms with Gasteiger partial charge in [-0.2, -0.15) is 0 Å². The zero-order valence-corrected chi connectivity index (χ0v) is 14.9. The molecule has 3 atom stereocenters. The van der Waals surface area contributed by atoms with Crippen molar-refractivity contribution in [3.05, 3.63) is 0 Å². The van der Waals surface area contributed by atoms with Gasteiger partial charge in [0.15, 0.2) is 5.96 Å². The number of nitrogens with zero attached hydrogens (tertiary/aromatic N) is 2. The number of carbonyl (C=O) groups excluding carboxylic acids is 1. The highest BCUT2D eigenvalue weighted by atomic mass is 16.5. The van der Waals surface area contributed by atoms with Gasteiger partial charge in [0.1, 0.15) is 6.54 Å². The molecule has 3 unspecified atom stereocenters. The van der Waals surface area contributed by atoms with E-state index in [-0.39, 0.29) is 17.9 Å². The first-order valence-electron chi connectivity index (χ1n) is 8.23. The van der Waals surface area contributed by atoms with E-state index in [0.29, 0.717) is 37.2 Å². The van der Waals surface area contributed by atoms with Crippen LogP contribution in [0.4, 0.5) is 0 Å². The standard InChI is InChI=1S/C16H30N4O3/c1-16(2)13(11-6-8-23-14(11)16)19-15(17-7-9-22-5)18-10-12(21)20(3)4/h11,13-14H,6-10H2,1-5H3,(H2,17,18,19). The lowest BCUT2D eigenvalue weighted by Gasteiger charge is -2.54. The van der Waals surface area contributed by atoms with Crippen molar-refractivity contribution in [3.63, 3.8) is 0 Å². The molecule has 0 radical (unpaired) electrons. The molecule has 2 fully saturated rings. The van der Waals surface area contributed by atoms with Crippen molar-refractivity contribution in [2.75, 3.05) is 47.5 Å². The number of hydrogen-bond acceptors (Lipinski definition) is 4. The Bertz CT molecular complexity index is 451. The number of methoxy groups -OCH3 is 1. The van der Waals surface area contributed by atoms with Crippen LogP contribution in [0.5, 0.6) is 0 Å². The second-order valence-electron chi connectivity index (χ2n) is 7.06. The molecule has 1 saturated carbocycles. The minimum absolute atomic E-state index is 0.0206. The van der Waals surface area contributed by atoms with Crippen LogP contribution in [0.15, 0.2) is 4.99 Å². The molecule has 2 aliphatic rings. The molecule has 0 aromatic carbocycles. The Labute approximate surface area is 138 Å². The number of aliphatic imine (C=N–C) groups is 1. The molecule has 0 spiro atoms. The molecule has 0 aromatic heterocycles. The van der Waals surface area contributed by atoms with Crippen LogP contribution >= 0.6 is 0 Å². The Kier molecular flexibility index (Phi) is 5.86. The van der Waals surface area contributed by atoms with Crippen molar-refractivity contribution in [2.24, 2.45) is 16.3 Å². The number of likely N-dealkylation sites (N-methyl/N-ethyl adjacent to an activating group) is 1. The molecule has 7 nitrogen and oxygen atoms in total. The second kappa shape index (κ2) is 7.49. The van der Waals surface area contributed by atoms with Gasteiger partial charge in [-0.1, -0.05) is 13.8 Å². The minimum Gasteiger partial charge on any atom is -0.383 e. The maximum absolute atomic E-state index is 11.8. The smallest absolute Gasteiger partial charge is 0.243 e. The molecule has 1 aliphatic heterocycles. The van der Waals surface area contributed by atoms with Crippen LogP contribution < -0.4 is 10.6 Å². The van der Waals surface area contributed by atoms with Gasteiger partial charge in [0, 0.05) is 51.7 Å². The number of carbonyl (C=O) groups is 1. The second-order valence-corrected chi connectivity index (χ2v) is 7.06. The maximum Gasteiger partial charge on any atom is 0.243 e. The molecule has 132 valence electrons. The molecular formula is C16H30N4O3. The molecule has 2 N–H and O–H groups in total. The van der Waals surface area contributed by atoms with Crippen LogP contribution in [-0.2, 0) is 14.3 Å². The first-order valence-corrected chi connectivity index (χ1v) is 8.23. The summed E-state index contributed by atoms with van der Waals surface area (Å²) in [5.41, 5.74) is 0.0659. The lowest BCUT2D eigenvalue weighted by Crippen LogP contribution is -2.68. The van der Waals surface area contributed by atoms with Crippen molar-refractivity contribution in [1.82, 2.24) is 15.5 Å². The highest BCUT2D eigenvalue weighted by Gasteiger charge is 2.59. The topological polar surface area (TPSA) is 75.2 Å². The summed E-state index contributed by atoms with van der Waals surface area (Å²) >= 11 is 0. The van der Waals surface area contributed by atoms with Gasteiger partial charge in [-0.3, -0.25) is 4.79 Å². The van der Waals surface area contributed by atoms with Crippen LogP contribution in [0.2, 0.25) is 0 Å². The van der Waals surface area contributed by atoms with Crippen LogP contribution in [0, 0.1) is 11.3 Å². The number of hydrogen-bond donors (Lipinski definition) is 2. The summed E-state index contributed by atoms with van der Waals surface area (Å²) in [5.74, 6) is 1.16. The van der Waals surface area contributed by atoms with E-state index in [4.69, 9.17) is 9.47 Å². The Hall–Kier alpha value is -1.34. The quantitative estimate of drug-likeness (QED) is 0.410. The van der Waals surface area contributed by atoms with E-state index in [1.807, 2.05) is 0 Å². The van der Waals surface area contributed by atoms with Crippen molar-refractivity contribution in [1.29, 1.82) is 0 Å². The number of rotatable bonds is 6. The molecule has 0 bridgehead atoms. The molecular weight excluding hydrogens is 296 g/mol. The normalized spacial score (nSPS) is 28.7. The Balaban J connectivity index is 1.99. The highest BCUT2D eigenvalue weighted by Crippen LogP contribution is 2.52. The molecule has 7 heteroatoms. The summed E-state index contributed by atoms with van der Waals surface area (Å²) < 4.78 is 10.9. The number of amides is 1. The average Bonchev–Trinajstić information content (AvgIpc) is 2.95. The monoisotopic (exact) mass is 326 g/mol. The lowest BCUT2D eigenvalue weighted by atomic mass is 9.57. The molecule has 1 amide bonds. The van der Waals surface area contributed by atoms with Crippen molar-refractivity contribution in [2.45, 2.75) is 32.4 Å². The van der Waals surface area contributed by atoms with E-state index in [1.165, 1.54) is 0 Å². The molecule has 2 rings (SSSR count). The first kappa shape index (κ1) is 18.0. The van der Waals surface area contributed by atoms with E-state index in [9.17, 15) is 4.79 Å². The zero-order chi connectivity index (χ0) is 17.0. The summed E-state index contributed by atoms with van der Waals surface area (Å²) in [6.07, 6.45) is 1.40. The van der Waals surface area contributed by atoms with E-state index in [2.05, 4.69) is 29.5 Å². The third kappa shape index (κ3) is 3.95. The molecule has 1 saturated heterocycles. The molecule has 0 aromatic rings. The fourth-order valence-corrected chi connectivity index (χ4v) is 3.48. The fraction of sp³-hybridized carbons (Fsp3) is 0.875. The van der Waals surface area contributed by atoms with Crippen LogP contribution in [0.1, 0.15) is 20.3 Å². The van der Waals surface area contributed by atoms with Gasteiger partial charge in [-0.15, -0.1) is 0 Å². The Morgan fingerprint density at radius 1 is 1.43 bits per heavy atom. The predicted molar refractivity (Wildman–Crippen MR) is 89.4 cm³/mol. The van der Waals surface area contributed by atoms with E-state index in [1.54, 1.807) is 26.1 Å². The van der Waals surface area contributed by atoms with E-state index in [0.717, 1.165) is 13.0 Å². The Morgan fingerprint density at radius 3 is 2.83 bits per heavy atom. The summed E-state index contributed by atoms with van der Waals surface area (Å²) in [6.45, 7) is 6.64. The number of nitrogens with one attached hydrogen (secondary N) is 2. The Morgan fingerprint density at radius 2 is 2.17 bits per heavy atom. The van der Waals surface area contributed by atoms with E-state index >= 15 is 0 Å². The third-order valence-electron chi connectivity index (χ3n) is 4.86. The first-order chi connectivity index (χ1) is 10.9. The SMILES string of the molecule is COCCNC(=NCC(=O)N(C)C)NC1C2CCOC2C1(C)C. The van der Waals surface area contributed by atoms with Gasteiger partial charge in [-0.05, 0) is 6.42 Å². The van der Waals surface area contributed by atoms with Crippen LogP contribution in [0.25, 0.3) is 0 Å². The van der Waals surface area contributed by atoms with E-state index < -0.39 is 0 Å². The van der Waals surface area contributed by atoms with Gasteiger partial charge >= 0.3 is 0 Å². The van der Waals surface area contributed by atoms with Gasteiger partial charge in [-0.25, -0.2) is 4.99 Å². The maximum atomic E-state index is 11.8. The van der Waals surface area contributed by atoms with Crippen LogP contribution in [-0.4, -0.2) is 76.4 Å². The average molecular weight is 326 g/mol. The van der Waals surface area contributed by atoms with Crippen molar-refractivity contribution >= 4 is 11.9 Å². The summed E-state index contributed by atoms with van der Waals surface area (Å²) in [7, 11) is 5.13. The minimum atomic E-state index is -0.0206. The zero-order valence-electron chi connectivity index (χ0n) is 14.9. The molecule has 1 aliphatic carbocycles. The highest BCUT2D eigenvalue weighted by molar-refractivity contribution is 5.85. The lowest BCUT2D eigenvalue weighted by molar-refractivity contribution is -0.127. The van der Waals surface area contributed by atoms with Crippen LogP contribution in [0.3, 0.4) is 0 Å². The molecule has 1 heterocycles. The van der Waals surface area contributed by atoms with Gasteiger partial charge in [0.25, 0.3) is 0 Å². The number of guanidine groups is 1. The number of ether oxygens (including phenoxy) is 2. The summed E-state index contributed by atoms with van der Waals surface area (Å²) in [5, 5.41) is 6.74. The van der Waals surface area contributed by atoms with Crippen molar-refractivity contribution in [3.8, 4) is 0 Å². The van der Waals surface area contributed by atoms with Gasteiger partial charge in [0.2, 0.25) is 5.91 Å². The third-order valence-corrected chi connectivity index (χ3v) is 4.86. The van der Waals surface area contributed by atoms with Gasteiger partial charge in [0.05, 0.1) is 12.7 Å². The number of fused-ring (bicyclic) bond motifs is 1. The fourth-order valence-electron chi connectivity index (χ4n) is 3.48. The van der Waals surface area contributed by atoms with Gasteiger partial charge < -0.3 is 25.0 Å².